The lowest BCUT2D eigenvalue weighted by atomic mass is 10.3. The topological polar surface area (TPSA) is 93.5 Å². The number of carbonyl (C=O) groups is 2. The summed E-state index contributed by atoms with van der Waals surface area (Å²) >= 11 is 0. The highest BCUT2D eigenvalue weighted by Gasteiger charge is 2.05. The molecular formula is C10H15N3O4. The van der Waals surface area contributed by atoms with Gasteiger partial charge in [0.15, 0.2) is 0 Å². The molecule has 0 aromatic carbocycles. The number of methoxy groups -OCH3 is 1. The summed E-state index contributed by atoms with van der Waals surface area (Å²) in [6, 6.07) is 0. The van der Waals surface area contributed by atoms with Crippen molar-refractivity contribution in [2.24, 2.45) is 0 Å². The summed E-state index contributed by atoms with van der Waals surface area (Å²) in [7, 11) is 1.58. The van der Waals surface area contributed by atoms with Gasteiger partial charge in [-0.15, -0.1) is 0 Å². The third-order valence-corrected chi connectivity index (χ3v) is 1.97. The van der Waals surface area contributed by atoms with Gasteiger partial charge in [-0.05, 0) is 6.42 Å². The molecule has 7 heteroatoms. The Hall–Kier alpha value is -1.89. The van der Waals surface area contributed by atoms with Crippen molar-refractivity contribution in [3.05, 3.63) is 12.4 Å². The minimum atomic E-state index is -0.980. The fourth-order valence-corrected chi connectivity index (χ4v) is 1.25. The van der Waals surface area contributed by atoms with Gasteiger partial charge < -0.3 is 15.2 Å². The fourth-order valence-electron chi connectivity index (χ4n) is 1.25. The Balaban J connectivity index is 2.38. The van der Waals surface area contributed by atoms with E-state index in [4.69, 9.17) is 9.84 Å². The molecule has 17 heavy (non-hydrogen) atoms. The Kier molecular flexibility index (Phi) is 5.15. The highest BCUT2D eigenvalue weighted by Crippen LogP contribution is 2.05. The van der Waals surface area contributed by atoms with Crippen LogP contribution in [0, 0.1) is 0 Å². The molecule has 2 N–H and O–H groups in total. The first-order chi connectivity index (χ1) is 8.11. The third kappa shape index (κ3) is 5.12. The molecule has 1 heterocycles. The molecular weight excluding hydrogens is 226 g/mol. The summed E-state index contributed by atoms with van der Waals surface area (Å²) in [4.78, 5) is 21.8. The van der Waals surface area contributed by atoms with E-state index in [0.29, 0.717) is 25.1 Å². The maximum absolute atomic E-state index is 11.4. The minimum absolute atomic E-state index is 0.142. The molecule has 0 unspecified atom stereocenters. The second-order valence-corrected chi connectivity index (χ2v) is 3.46. The summed E-state index contributed by atoms with van der Waals surface area (Å²) in [6.45, 7) is 0.311. The first-order valence-corrected chi connectivity index (χ1v) is 5.15. The van der Waals surface area contributed by atoms with E-state index in [1.165, 1.54) is 17.1 Å². The van der Waals surface area contributed by atoms with Crippen LogP contribution in [0.2, 0.25) is 0 Å². The number of aromatic nitrogens is 2. The van der Waals surface area contributed by atoms with Gasteiger partial charge in [0.25, 0.3) is 0 Å². The van der Waals surface area contributed by atoms with E-state index in [0.717, 1.165) is 0 Å². The van der Waals surface area contributed by atoms with Crippen molar-refractivity contribution in [3.63, 3.8) is 0 Å². The number of hydrogen-bond acceptors (Lipinski definition) is 4. The fraction of sp³-hybridized carbons (Fsp3) is 0.500. The molecule has 0 aliphatic heterocycles. The molecule has 1 aromatic rings. The minimum Gasteiger partial charge on any atom is -0.480 e. The van der Waals surface area contributed by atoms with Crippen LogP contribution in [0.3, 0.4) is 0 Å². The van der Waals surface area contributed by atoms with Gasteiger partial charge in [0.2, 0.25) is 5.91 Å². The van der Waals surface area contributed by atoms with E-state index < -0.39 is 5.97 Å². The second kappa shape index (κ2) is 6.64. The lowest BCUT2D eigenvalue weighted by molar-refractivity contribution is -0.137. The van der Waals surface area contributed by atoms with E-state index in [-0.39, 0.29) is 12.5 Å². The molecule has 0 aliphatic rings. The van der Waals surface area contributed by atoms with Gasteiger partial charge in [-0.1, -0.05) is 0 Å². The molecule has 0 fully saturated rings. The van der Waals surface area contributed by atoms with Crippen LogP contribution in [-0.4, -0.2) is 40.5 Å². The second-order valence-electron chi connectivity index (χ2n) is 3.46. The summed E-state index contributed by atoms with van der Waals surface area (Å²) in [5.74, 6) is -1.12. The number of nitrogens with one attached hydrogen (secondary N) is 1. The standard InChI is InChI=1S/C10H15N3O4/c1-17-4-2-3-9(14)12-8-5-11-13(6-8)7-10(15)16/h5-6H,2-4,7H2,1H3,(H,12,14)(H,15,16). The lowest BCUT2D eigenvalue weighted by Gasteiger charge is -2.01. The number of rotatable bonds is 7. The number of nitrogens with zero attached hydrogens (tertiary/aromatic N) is 2. The summed E-state index contributed by atoms with van der Waals surface area (Å²) < 4.78 is 6.07. The quantitative estimate of drug-likeness (QED) is 0.671. The van der Waals surface area contributed by atoms with Gasteiger partial charge in [-0.2, -0.15) is 5.10 Å². The predicted molar refractivity (Wildman–Crippen MR) is 59.6 cm³/mol. The molecule has 1 amide bonds. The van der Waals surface area contributed by atoms with Crippen LogP contribution in [0.5, 0.6) is 0 Å². The van der Waals surface area contributed by atoms with Gasteiger partial charge in [0, 0.05) is 26.3 Å². The summed E-state index contributed by atoms with van der Waals surface area (Å²) in [5, 5.41) is 15.0. The normalized spacial score (nSPS) is 10.2. The number of carboxylic acid groups (broad SMARTS) is 1. The zero-order chi connectivity index (χ0) is 12.7. The van der Waals surface area contributed by atoms with Gasteiger partial charge in [0.05, 0.1) is 11.9 Å². The van der Waals surface area contributed by atoms with Crippen LogP contribution in [-0.2, 0) is 20.9 Å². The Bertz CT molecular complexity index is 389. The largest absolute Gasteiger partial charge is 0.480 e. The summed E-state index contributed by atoms with van der Waals surface area (Å²) in [5.41, 5.74) is 0.494. The molecule has 7 nitrogen and oxygen atoms in total. The van der Waals surface area contributed by atoms with Gasteiger partial charge in [-0.3, -0.25) is 14.3 Å². The molecule has 1 rings (SSSR count). The maximum Gasteiger partial charge on any atom is 0.325 e. The van der Waals surface area contributed by atoms with Crippen LogP contribution >= 0.6 is 0 Å². The highest BCUT2D eigenvalue weighted by atomic mass is 16.5. The maximum atomic E-state index is 11.4. The van der Waals surface area contributed by atoms with Crippen LogP contribution in [0.1, 0.15) is 12.8 Å². The van der Waals surface area contributed by atoms with Crippen molar-refractivity contribution in [1.82, 2.24) is 9.78 Å². The van der Waals surface area contributed by atoms with Crippen LogP contribution < -0.4 is 5.32 Å². The molecule has 0 saturated heterocycles. The molecule has 0 saturated carbocycles. The van der Waals surface area contributed by atoms with Crippen LogP contribution in [0.4, 0.5) is 5.69 Å². The van der Waals surface area contributed by atoms with E-state index in [1.807, 2.05) is 0 Å². The summed E-state index contributed by atoms with van der Waals surface area (Å²) in [6.07, 6.45) is 3.89. The predicted octanol–water partition coefficient (Wildman–Crippen LogP) is 0.333. The van der Waals surface area contributed by atoms with Crippen molar-refractivity contribution in [3.8, 4) is 0 Å². The van der Waals surface area contributed by atoms with Gasteiger partial charge in [0.1, 0.15) is 6.54 Å². The monoisotopic (exact) mass is 241 g/mol. The average Bonchev–Trinajstić information content (AvgIpc) is 2.64. The zero-order valence-corrected chi connectivity index (χ0v) is 9.55. The Morgan fingerprint density at radius 3 is 3.00 bits per heavy atom. The number of carboxylic acids is 1. The first kappa shape index (κ1) is 13.2. The van der Waals surface area contributed by atoms with E-state index in [2.05, 4.69) is 10.4 Å². The van der Waals surface area contributed by atoms with Crippen LogP contribution in [0.25, 0.3) is 0 Å². The van der Waals surface area contributed by atoms with Crippen molar-refractivity contribution < 1.29 is 19.4 Å². The Morgan fingerprint density at radius 2 is 2.35 bits per heavy atom. The van der Waals surface area contributed by atoms with Crippen molar-refractivity contribution in [1.29, 1.82) is 0 Å². The number of ether oxygens (including phenoxy) is 1. The van der Waals surface area contributed by atoms with E-state index in [9.17, 15) is 9.59 Å². The molecule has 0 aliphatic carbocycles. The van der Waals surface area contributed by atoms with Gasteiger partial charge in [-0.25, -0.2) is 0 Å². The van der Waals surface area contributed by atoms with Crippen molar-refractivity contribution in [2.45, 2.75) is 19.4 Å². The zero-order valence-electron chi connectivity index (χ0n) is 9.55. The lowest BCUT2D eigenvalue weighted by Crippen LogP contribution is -2.12. The first-order valence-electron chi connectivity index (χ1n) is 5.15. The molecule has 1 aromatic heterocycles. The number of amides is 1. The average molecular weight is 241 g/mol. The van der Waals surface area contributed by atoms with E-state index >= 15 is 0 Å². The highest BCUT2D eigenvalue weighted by molar-refractivity contribution is 5.90. The molecule has 0 bridgehead atoms. The number of carbonyl (C=O) groups excluding carboxylic acids is 1. The SMILES string of the molecule is COCCCC(=O)Nc1cnn(CC(=O)O)c1. The molecule has 0 atom stereocenters. The number of aliphatic carboxylic acids is 1. The third-order valence-electron chi connectivity index (χ3n) is 1.97. The smallest absolute Gasteiger partial charge is 0.325 e. The Labute approximate surface area is 98.4 Å². The molecule has 94 valence electrons. The Morgan fingerprint density at radius 1 is 1.59 bits per heavy atom. The molecule has 0 radical (unpaired) electrons. The van der Waals surface area contributed by atoms with Gasteiger partial charge >= 0.3 is 5.97 Å². The van der Waals surface area contributed by atoms with Crippen molar-refractivity contribution in [2.75, 3.05) is 19.0 Å². The number of hydrogen-bond donors (Lipinski definition) is 2. The van der Waals surface area contributed by atoms with Crippen LogP contribution in [0.15, 0.2) is 12.4 Å². The van der Waals surface area contributed by atoms with Crippen molar-refractivity contribution >= 4 is 17.6 Å². The number of anilines is 1. The van der Waals surface area contributed by atoms with E-state index in [1.54, 1.807) is 7.11 Å². The molecule has 0 spiro atoms.